The standard InChI is InChI=1S/C14H20N2O/c1-3-9-14(17-2)12-15-10-11-16(14)13-7-5-4-6-8-13/h3-8,15H,1,9-12H2,2H3. The molecule has 1 aliphatic heterocycles. The van der Waals surface area contributed by atoms with Gasteiger partial charge in [-0.05, 0) is 12.1 Å². The summed E-state index contributed by atoms with van der Waals surface area (Å²) in [5, 5.41) is 3.40. The molecule has 1 aliphatic rings. The number of para-hydroxylation sites is 1. The fourth-order valence-electron chi connectivity index (χ4n) is 2.42. The molecule has 0 spiro atoms. The van der Waals surface area contributed by atoms with E-state index in [0.29, 0.717) is 0 Å². The highest BCUT2D eigenvalue weighted by Crippen LogP contribution is 2.29. The molecule has 17 heavy (non-hydrogen) atoms. The highest BCUT2D eigenvalue weighted by atomic mass is 16.5. The van der Waals surface area contributed by atoms with Crippen LogP contribution in [0.3, 0.4) is 0 Å². The number of piperazine rings is 1. The highest BCUT2D eigenvalue weighted by molar-refractivity contribution is 5.49. The molecule has 92 valence electrons. The van der Waals surface area contributed by atoms with E-state index in [1.54, 1.807) is 7.11 Å². The molecule has 0 bridgehead atoms. The molecular weight excluding hydrogens is 212 g/mol. The quantitative estimate of drug-likeness (QED) is 0.804. The normalized spacial score (nSPS) is 24.6. The van der Waals surface area contributed by atoms with Crippen molar-refractivity contribution in [2.45, 2.75) is 12.1 Å². The maximum Gasteiger partial charge on any atom is 0.156 e. The first-order chi connectivity index (χ1) is 8.32. The van der Waals surface area contributed by atoms with Gasteiger partial charge in [0.15, 0.2) is 5.72 Å². The molecule has 1 aromatic carbocycles. The molecule has 1 fully saturated rings. The number of ether oxygens (including phenoxy) is 1. The monoisotopic (exact) mass is 232 g/mol. The first-order valence-electron chi connectivity index (χ1n) is 6.02. The Morgan fingerprint density at radius 1 is 1.47 bits per heavy atom. The van der Waals surface area contributed by atoms with Crippen LogP contribution in [0.2, 0.25) is 0 Å². The Bertz CT molecular complexity index is 366. The summed E-state index contributed by atoms with van der Waals surface area (Å²) >= 11 is 0. The Labute approximate surface area is 103 Å². The van der Waals surface area contributed by atoms with E-state index in [2.05, 4.69) is 41.1 Å². The van der Waals surface area contributed by atoms with Crippen molar-refractivity contribution in [2.75, 3.05) is 31.6 Å². The zero-order valence-corrected chi connectivity index (χ0v) is 10.4. The summed E-state index contributed by atoms with van der Waals surface area (Å²) in [6.45, 7) is 6.60. The van der Waals surface area contributed by atoms with Gasteiger partial charge in [-0.1, -0.05) is 24.3 Å². The zero-order valence-electron chi connectivity index (χ0n) is 10.4. The molecular formula is C14H20N2O. The van der Waals surface area contributed by atoms with Gasteiger partial charge in [-0.15, -0.1) is 6.58 Å². The third-order valence-electron chi connectivity index (χ3n) is 3.32. The first kappa shape index (κ1) is 12.1. The average Bonchev–Trinajstić information content (AvgIpc) is 2.40. The average molecular weight is 232 g/mol. The van der Waals surface area contributed by atoms with Crippen LogP contribution < -0.4 is 10.2 Å². The SMILES string of the molecule is C=CCC1(OC)CNCCN1c1ccccc1. The fraction of sp³-hybridized carbons (Fsp3) is 0.429. The topological polar surface area (TPSA) is 24.5 Å². The van der Waals surface area contributed by atoms with Crippen LogP contribution in [0.5, 0.6) is 0 Å². The van der Waals surface area contributed by atoms with Crippen molar-refractivity contribution in [3.05, 3.63) is 43.0 Å². The Kier molecular flexibility index (Phi) is 3.82. The molecule has 1 N–H and O–H groups in total. The summed E-state index contributed by atoms with van der Waals surface area (Å²) < 4.78 is 5.78. The van der Waals surface area contributed by atoms with Crippen LogP contribution in [0.1, 0.15) is 6.42 Å². The lowest BCUT2D eigenvalue weighted by atomic mass is 10.0. The summed E-state index contributed by atoms with van der Waals surface area (Å²) in [4.78, 5) is 2.32. The Hall–Kier alpha value is -1.32. The second-order valence-corrected chi connectivity index (χ2v) is 4.31. The van der Waals surface area contributed by atoms with Crippen molar-refractivity contribution in [1.29, 1.82) is 0 Å². The maximum atomic E-state index is 5.78. The van der Waals surface area contributed by atoms with Gasteiger partial charge in [0.05, 0.1) is 0 Å². The van der Waals surface area contributed by atoms with Crippen molar-refractivity contribution in [1.82, 2.24) is 5.32 Å². The van der Waals surface area contributed by atoms with Gasteiger partial charge >= 0.3 is 0 Å². The molecule has 3 nitrogen and oxygen atoms in total. The van der Waals surface area contributed by atoms with Gasteiger partial charge in [-0.3, -0.25) is 0 Å². The van der Waals surface area contributed by atoms with Crippen molar-refractivity contribution in [2.24, 2.45) is 0 Å². The van der Waals surface area contributed by atoms with E-state index >= 15 is 0 Å². The summed E-state index contributed by atoms with van der Waals surface area (Å²) in [5.41, 5.74) is 0.902. The van der Waals surface area contributed by atoms with Crippen LogP contribution in [-0.4, -0.2) is 32.5 Å². The van der Waals surface area contributed by atoms with Crippen LogP contribution in [0, 0.1) is 0 Å². The smallest absolute Gasteiger partial charge is 0.156 e. The van der Waals surface area contributed by atoms with Gasteiger partial charge in [0, 0.05) is 38.9 Å². The van der Waals surface area contributed by atoms with Crippen LogP contribution >= 0.6 is 0 Å². The number of hydrogen-bond acceptors (Lipinski definition) is 3. The number of rotatable bonds is 4. The molecule has 0 aliphatic carbocycles. The minimum atomic E-state index is -0.304. The van der Waals surface area contributed by atoms with E-state index < -0.39 is 0 Å². The van der Waals surface area contributed by atoms with E-state index in [0.717, 1.165) is 26.1 Å². The molecule has 0 aromatic heterocycles. The Balaban J connectivity index is 2.31. The van der Waals surface area contributed by atoms with E-state index in [1.165, 1.54) is 5.69 Å². The molecule has 1 unspecified atom stereocenters. The number of benzene rings is 1. The molecule has 1 saturated heterocycles. The minimum absolute atomic E-state index is 0.304. The fourth-order valence-corrected chi connectivity index (χ4v) is 2.42. The largest absolute Gasteiger partial charge is 0.357 e. The lowest BCUT2D eigenvalue weighted by Gasteiger charge is -2.47. The van der Waals surface area contributed by atoms with E-state index in [9.17, 15) is 0 Å². The zero-order chi connectivity index (χ0) is 12.1. The highest BCUT2D eigenvalue weighted by Gasteiger charge is 2.37. The maximum absolute atomic E-state index is 5.78. The van der Waals surface area contributed by atoms with Crippen LogP contribution in [0.4, 0.5) is 5.69 Å². The lowest BCUT2D eigenvalue weighted by Crippen LogP contribution is -2.62. The number of nitrogens with one attached hydrogen (secondary N) is 1. The summed E-state index contributed by atoms with van der Waals surface area (Å²) in [5.74, 6) is 0. The van der Waals surface area contributed by atoms with Gasteiger partial charge in [0.1, 0.15) is 0 Å². The Morgan fingerprint density at radius 3 is 2.88 bits per heavy atom. The van der Waals surface area contributed by atoms with Crippen molar-refractivity contribution < 1.29 is 4.74 Å². The molecule has 1 heterocycles. The van der Waals surface area contributed by atoms with Crippen LogP contribution in [-0.2, 0) is 4.74 Å². The molecule has 0 amide bonds. The van der Waals surface area contributed by atoms with Gasteiger partial charge in [0.25, 0.3) is 0 Å². The molecule has 3 heteroatoms. The number of hydrogen-bond donors (Lipinski definition) is 1. The van der Waals surface area contributed by atoms with Gasteiger partial charge in [-0.25, -0.2) is 0 Å². The first-order valence-corrected chi connectivity index (χ1v) is 6.02. The third kappa shape index (κ3) is 2.35. The number of nitrogens with zero attached hydrogens (tertiary/aromatic N) is 1. The lowest BCUT2D eigenvalue weighted by molar-refractivity contribution is -0.0184. The second-order valence-electron chi connectivity index (χ2n) is 4.31. The predicted octanol–water partition coefficient (Wildman–Crippen LogP) is 2.01. The van der Waals surface area contributed by atoms with Crippen LogP contribution in [0.15, 0.2) is 43.0 Å². The van der Waals surface area contributed by atoms with Crippen molar-refractivity contribution in [3.63, 3.8) is 0 Å². The molecule has 2 rings (SSSR count). The number of anilines is 1. The third-order valence-corrected chi connectivity index (χ3v) is 3.32. The molecule has 1 aromatic rings. The summed E-state index contributed by atoms with van der Waals surface area (Å²) in [6, 6.07) is 10.4. The second kappa shape index (κ2) is 5.34. The van der Waals surface area contributed by atoms with E-state index in [1.807, 2.05) is 12.1 Å². The van der Waals surface area contributed by atoms with Gasteiger partial charge < -0.3 is 15.0 Å². The van der Waals surface area contributed by atoms with E-state index in [-0.39, 0.29) is 5.72 Å². The summed E-state index contributed by atoms with van der Waals surface area (Å²) in [7, 11) is 1.77. The molecule has 0 saturated carbocycles. The molecule has 0 radical (unpaired) electrons. The van der Waals surface area contributed by atoms with Gasteiger partial charge in [0.2, 0.25) is 0 Å². The van der Waals surface area contributed by atoms with Crippen molar-refractivity contribution >= 4 is 5.69 Å². The summed E-state index contributed by atoms with van der Waals surface area (Å²) in [6.07, 6.45) is 2.73. The predicted molar refractivity (Wildman–Crippen MR) is 71.2 cm³/mol. The Morgan fingerprint density at radius 2 is 2.24 bits per heavy atom. The molecule has 1 atom stereocenters. The van der Waals surface area contributed by atoms with Crippen molar-refractivity contribution in [3.8, 4) is 0 Å². The van der Waals surface area contributed by atoms with Gasteiger partial charge in [-0.2, -0.15) is 0 Å². The van der Waals surface area contributed by atoms with Crippen LogP contribution in [0.25, 0.3) is 0 Å². The van der Waals surface area contributed by atoms with E-state index in [4.69, 9.17) is 4.74 Å². The minimum Gasteiger partial charge on any atom is -0.357 e. The number of methoxy groups -OCH3 is 1.